The Morgan fingerprint density at radius 1 is 1.62 bits per heavy atom. The number of rotatable bonds is 6. The van der Waals surface area contributed by atoms with Crippen molar-refractivity contribution in [3.05, 3.63) is 0 Å². The van der Waals surface area contributed by atoms with Crippen LogP contribution in [0.5, 0.6) is 0 Å². The Morgan fingerprint density at radius 2 is 2.23 bits per heavy atom. The van der Waals surface area contributed by atoms with Gasteiger partial charge in [0.1, 0.15) is 0 Å². The third kappa shape index (κ3) is 7.67. The first-order valence-corrected chi connectivity index (χ1v) is 4.70. The highest BCUT2D eigenvalue weighted by Gasteiger charge is 2.04. The van der Waals surface area contributed by atoms with Crippen LogP contribution in [0.4, 0.5) is 0 Å². The first kappa shape index (κ1) is 12.3. The lowest BCUT2D eigenvalue weighted by Crippen LogP contribution is -2.36. The van der Waals surface area contributed by atoms with Gasteiger partial charge in [0.2, 0.25) is 5.91 Å². The fourth-order valence-corrected chi connectivity index (χ4v) is 0.970. The Balaban J connectivity index is 3.55. The molecule has 0 fully saturated rings. The van der Waals surface area contributed by atoms with E-state index in [0.717, 1.165) is 6.54 Å². The molecule has 13 heavy (non-hydrogen) atoms. The quantitative estimate of drug-likeness (QED) is 0.584. The van der Waals surface area contributed by atoms with Crippen LogP contribution in [0.3, 0.4) is 0 Å². The number of carbonyl (C=O) groups excluding carboxylic acids is 1. The Hall–Kier alpha value is -0.680. The first-order chi connectivity index (χ1) is 6.06. The molecule has 0 aliphatic carbocycles. The number of thiocarbonyl (C=S) groups is 1. The van der Waals surface area contributed by atoms with Crippen LogP contribution in [0, 0.1) is 0 Å². The summed E-state index contributed by atoms with van der Waals surface area (Å²) in [5.74, 6) is 0.0351. The number of likely N-dealkylation sites (N-methyl/N-ethyl adjacent to an activating group) is 2. The van der Waals surface area contributed by atoms with Gasteiger partial charge >= 0.3 is 0 Å². The third-order valence-corrected chi connectivity index (χ3v) is 1.73. The highest BCUT2D eigenvalue weighted by molar-refractivity contribution is 7.80. The largest absolute Gasteiger partial charge is 0.393 e. The molecule has 0 heterocycles. The summed E-state index contributed by atoms with van der Waals surface area (Å²) in [5.41, 5.74) is 5.33. The minimum atomic E-state index is 0.0351. The molecule has 0 aromatic carbocycles. The van der Waals surface area contributed by atoms with Gasteiger partial charge < -0.3 is 11.1 Å². The number of amides is 1. The van der Waals surface area contributed by atoms with Crippen LogP contribution in [-0.2, 0) is 4.79 Å². The topological polar surface area (TPSA) is 58.4 Å². The SMILES string of the molecule is CCNC(=O)CN(C)CCC(N)=S. The molecule has 0 saturated heterocycles. The minimum Gasteiger partial charge on any atom is -0.393 e. The van der Waals surface area contributed by atoms with Crippen LogP contribution in [0.2, 0.25) is 0 Å². The summed E-state index contributed by atoms with van der Waals surface area (Å²) >= 11 is 4.73. The second-order valence-corrected chi connectivity index (χ2v) is 3.43. The highest BCUT2D eigenvalue weighted by Crippen LogP contribution is 1.87. The number of nitrogens with zero attached hydrogens (tertiary/aromatic N) is 1. The van der Waals surface area contributed by atoms with Crippen molar-refractivity contribution in [1.29, 1.82) is 0 Å². The summed E-state index contributed by atoms with van der Waals surface area (Å²) in [7, 11) is 1.87. The van der Waals surface area contributed by atoms with E-state index in [0.29, 0.717) is 24.5 Å². The van der Waals surface area contributed by atoms with Gasteiger partial charge in [-0.25, -0.2) is 0 Å². The number of hydrogen-bond acceptors (Lipinski definition) is 3. The molecule has 0 unspecified atom stereocenters. The van der Waals surface area contributed by atoms with Crippen molar-refractivity contribution in [2.24, 2.45) is 5.73 Å². The maximum Gasteiger partial charge on any atom is 0.234 e. The van der Waals surface area contributed by atoms with Crippen molar-refractivity contribution < 1.29 is 4.79 Å². The molecule has 0 spiro atoms. The van der Waals surface area contributed by atoms with Gasteiger partial charge in [0.15, 0.2) is 0 Å². The van der Waals surface area contributed by atoms with Crippen molar-refractivity contribution in [3.63, 3.8) is 0 Å². The normalized spacial score (nSPS) is 10.1. The van der Waals surface area contributed by atoms with Gasteiger partial charge in [0.25, 0.3) is 0 Å². The zero-order valence-electron chi connectivity index (χ0n) is 8.17. The minimum absolute atomic E-state index is 0.0351. The monoisotopic (exact) mass is 203 g/mol. The molecule has 0 rings (SSSR count). The van der Waals surface area contributed by atoms with E-state index < -0.39 is 0 Å². The molecule has 0 aliphatic rings. The molecule has 0 saturated carbocycles. The highest BCUT2D eigenvalue weighted by atomic mass is 32.1. The third-order valence-electron chi connectivity index (χ3n) is 1.53. The summed E-state index contributed by atoms with van der Waals surface area (Å²) in [4.78, 5) is 13.5. The van der Waals surface area contributed by atoms with Crippen molar-refractivity contribution in [2.45, 2.75) is 13.3 Å². The number of nitrogens with one attached hydrogen (secondary N) is 1. The van der Waals surface area contributed by atoms with Crippen LogP contribution < -0.4 is 11.1 Å². The van der Waals surface area contributed by atoms with Crippen molar-refractivity contribution >= 4 is 23.1 Å². The van der Waals surface area contributed by atoms with E-state index >= 15 is 0 Å². The zero-order valence-corrected chi connectivity index (χ0v) is 8.99. The lowest BCUT2D eigenvalue weighted by molar-refractivity contribution is -0.121. The molecule has 0 bridgehead atoms. The summed E-state index contributed by atoms with van der Waals surface area (Å²) < 4.78 is 0. The van der Waals surface area contributed by atoms with Gasteiger partial charge in [-0.3, -0.25) is 9.69 Å². The van der Waals surface area contributed by atoms with E-state index in [1.54, 1.807) is 0 Å². The van der Waals surface area contributed by atoms with Crippen molar-refractivity contribution in [1.82, 2.24) is 10.2 Å². The summed E-state index contributed by atoms with van der Waals surface area (Å²) in [5, 5.41) is 2.72. The van der Waals surface area contributed by atoms with Gasteiger partial charge in [-0.2, -0.15) is 0 Å². The summed E-state index contributed by atoms with van der Waals surface area (Å²) in [6, 6.07) is 0. The molecule has 0 aliphatic heterocycles. The summed E-state index contributed by atoms with van der Waals surface area (Å²) in [6.07, 6.45) is 0.658. The number of hydrogen-bond donors (Lipinski definition) is 2. The first-order valence-electron chi connectivity index (χ1n) is 4.29. The van der Waals surface area contributed by atoms with Gasteiger partial charge in [0, 0.05) is 19.5 Å². The van der Waals surface area contributed by atoms with Crippen molar-refractivity contribution in [3.8, 4) is 0 Å². The molecular formula is C8H17N3OS. The van der Waals surface area contributed by atoms with Crippen molar-refractivity contribution in [2.75, 3.05) is 26.7 Å². The van der Waals surface area contributed by atoms with Crippen LogP contribution in [0.25, 0.3) is 0 Å². The van der Waals surface area contributed by atoms with E-state index in [2.05, 4.69) is 5.32 Å². The van der Waals surface area contributed by atoms with E-state index in [9.17, 15) is 4.79 Å². The maximum absolute atomic E-state index is 11.1. The fraction of sp³-hybridized carbons (Fsp3) is 0.750. The molecular weight excluding hydrogens is 186 g/mol. The molecule has 5 heteroatoms. The predicted molar refractivity (Wildman–Crippen MR) is 57.6 cm³/mol. The lowest BCUT2D eigenvalue weighted by Gasteiger charge is -2.14. The molecule has 3 N–H and O–H groups in total. The molecule has 0 radical (unpaired) electrons. The number of nitrogens with two attached hydrogens (primary N) is 1. The van der Waals surface area contributed by atoms with Crippen LogP contribution in [0.1, 0.15) is 13.3 Å². The van der Waals surface area contributed by atoms with E-state index in [4.69, 9.17) is 18.0 Å². The second-order valence-electron chi connectivity index (χ2n) is 2.91. The lowest BCUT2D eigenvalue weighted by atomic mass is 10.4. The van der Waals surface area contributed by atoms with E-state index in [1.165, 1.54) is 0 Å². The summed E-state index contributed by atoms with van der Waals surface area (Å²) in [6.45, 7) is 3.69. The van der Waals surface area contributed by atoms with E-state index in [1.807, 2.05) is 18.9 Å². The number of carbonyl (C=O) groups is 1. The van der Waals surface area contributed by atoms with Crippen LogP contribution >= 0.6 is 12.2 Å². The average Bonchev–Trinajstić information content (AvgIpc) is 2.01. The smallest absolute Gasteiger partial charge is 0.234 e. The molecule has 0 aromatic heterocycles. The maximum atomic E-state index is 11.1. The van der Waals surface area contributed by atoms with E-state index in [-0.39, 0.29) is 5.91 Å². The van der Waals surface area contributed by atoms with Crippen LogP contribution in [-0.4, -0.2) is 42.5 Å². The average molecular weight is 203 g/mol. The molecule has 0 aromatic rings. The van der Waals surface area contributed by atoms with Gasteiger partial charge in [-0.1, -0.05) is 12.2 Å². The van der Waals surface area contributed by atoms with Gasteiger partial charge in [-0.05, 0) is 14.0 Å². The second kappa shape index (κ2) is 6.80. The molecule has 0 atom stereocenters. The molecule has 76 valence electrons. The molecule has 1 amide bonds. The Bertz CT molecular complexity index is 184. The Labute approximate surface area is 84.5 Å². The zero-order chi connectivity index (χ0) is 10.3. The predicted octanol–water partition coefficient (Wildman–Crippen LogP) is -0.269. The molecule has 4 nitrogen and oxygen atoms in total. The van der Waals surface area contributed by atoms with Crippen LogP contribution in [0.15, 0.2) is 0 Å². The Morgan fingerprint density at radius 3 is 2.69 bits per heavy atom. The fourth-order valence-electron chi connectivity index (χ4n) is 0.878. The standard InChI is InChI=1S/C8H17N3OS/c1-3-10-8(12)6-11(2)5-4-7(9)13/h3-6H2,1-2H3,(H2,9,13)(H,10,12). The van der Waals surface area contributed by atoms with Gasteiger partial charge in [0.05, 0.1) is 11.5 Å². The van der Waals surface area contributed by atoms with Gasteiger partial charge in [-0.15, -0.1) is 0 Å². The Kier molecular flexibility index (Phi) is 6.44.